The van der Waals surface area contributed by atoms with Gasteiger partial charge in [0.05, 0.1) is 6.61 Å². The van der Waals surface area contributed by atoms with Crippen molar-refractivity contribution in [1.82, 2.24) is 0 Å². The molecule has 0 spiro atoms. The fraction of sp³-hybridized carbons (Fsp3) is 0.348. The van der Waals surface area contributed by atoms with Crippen LogP contribution in [0, 0.1) is 0 Å². The molecule has 0 aliphatic heterocycles. The van der Waals surface area contributed by atoms with E-state index >= 15 is 0 Å². The second-order valence-electron chi connectivity index (χ2n) is 6.24. The van der Waals surface area contributed by atoms with Crippen LogP contribution in [-0.4, -0.2) is 11.5 Å². The number of hydrogen-bond donors (Lipinski definition) is 0. The average molecular weight is 353 g/mol. The molecule has 2 aromatic carbocycles. The topological polar surface area (TPSA) is 9.23 Å². The molecule has 132 valence electrons. The molecule has 0 heterocycles. The summed E-state index contributed by atoms with van der Waals surface area (Å²) in [7, 11) is 0. The molecule has 2 rings (SSSR count). The number of allylic oxidation sites excluding steroid dienone is 1. The van der Waals surface area contributed by atoms with Gasteiger partial charge in [0.1, 0.15) is 5.75 Å². The molecule has 0 aromatic heterocycles. The number of aryl methyl sites for hydroxylation is 1. The molecular formula is C23H28OS. The van der Waals surface area contributed by atoms with Crippen LogP contribution in [0.2, 0.25) is 0 Å². The highest BCUT2D eigenvalue weighted by molar-refractivity contribution is 7.81. The van der Waals surface area contributed by atoms with Crippen molar-refractivity contribution in [1.29, 1.82) is 0 Å². The second kappa shape index (κ2) is 10.8. The minimum absolute atomic E-state index is 0.771. The molecule has 0 aliphatic rings. The second-order valence-corrected chi connectivity index (χ2v) is 6.68. The monoisotopic (exact) mass is 352 g/mol. The fourth-order valence-corrected chi connectivity index (χ4v) is 2.89. The van der Waals surface area contributed by atoms with Gasteiger partial charge in [-0.25, -0.2) is 0 Å². The molecule has 0 fully saturated rings. The first kappa shape index (κ1) is 19.4. The van der Waals surface area contributed by atoms with Gasteiger partial charge in [0.15, 0.2) is 0 Å². The number of benzene rings is 2. The first-order chi connectivity index (χ1) is 12.2. The van der Waals surface area contributed by atoms with E-state index in [4.69, 9.17) is 17.0 Å². The van der Waals surface area contributed by atoms with E-state index in [0.29, 0.717) is 0 Å². The summed E-state index contributed by atoms with van der Waals surface area (Å²) in [5.41, 5.74) is 3.49. The van der Waals surface area contributed by atoms with Crippen molar-refractivity contribution in [2.75, 3.05) is 6.61 Å². The van der Waals surface area contributed by atoms with Crippen molar-refractivity contribution in [3.8, 4) is 5.75 Å². The smallest absolute Gasteiger partial charge is 0.126 e. The van der Waals surface area contributed by atoms with Crippen molar-refractivity contribution in [3.63, 3.8) is 0 Å². The van der Waals surface area contributed by atoms with Crippen LogP contribution in [0.15, 0.2) is 54.6 Å². The van der Waals surface area contributed by atoms with Gasteiger partial charge in [-0.2, -0.15) is 0 Å². The normalized spacial score (nSPS) is 11.0. The number of unbranched alkanes of at least 4 members (excludes halogenated alkanes) is 2. The lowest BCUT2D eigenvalue weighted by molar-refractivity contribution is 0.305. The van der Waals surface area contributed by atoms with Crippen molar-refractivity contribution in [2.45, 2.75) is 46.0 Å². The zero-order valence-electron chi connectivity index (χ0n) is 15.3. The van der Waals surface area contributed by atoms with E-state index in [1.807, 2.05) is 36.4 Å². The molecule has 0 aliphatic carbocycles. The first-order valence-electron chi connectivity index (χ1n) is 9.27. The van der Waals surface area contributed by atoms with Crippen LogP contribution in [0.4, 0.5) is 0 Å². The summed E-state index contributed by atoms with van der Waals surface area (Å²) in [5.74, 6) is 0.967. The third-order valence-electron chi connectivity index (χ3n) is 4.09. The third kappa shape index (κ3) is 6.47. The van der Waals surface area contributed by atoms with Gasteiger partial charge in [-0.05, 0) is 42.2 Å². The average Bonchev–Trinajstić information content (AvgIpc) is 2.65. The summed E-state index contributed by atoms with van der Waals surface area (Å²) in [5, 5.41) is 0. The number of thiocarbonyl (C=S) groups is 1. The SMILES string of the molecule is CCCCCOc1cc(CCC)ccc1C=CC(=S)c1ccccc1. The predicted octanol–water partition coefficient (Wildman–Crippen LogP) is 6.64. The summed E-state index contributed by atoms with van der Waals surface area (Å²) >= 11 is 5.52. The quantitative estimate of drug-likeness (QED) is 0.205. The molecule has 2 heteroatoms. The summed E-state index contributed by atoms with van der Waals surface area (Å²) in [6.07, 6.45) is 9.80. The van der Waals surface area contributed by atoms with Crippen molar-refractivity contribution < 1.29 is 4.74 Å². The molecule has 0 saturated heterocycles. The van der Waals surface area contributed by atoms with Gasteiger partial charge >= 0.3 is 0 Å². The van der Waals surface area contributed by atoms with E-state index in [2.05, 4.69) is 38.1 Å². The van der Waals surface area contributed by atoms with Crippen LogP contribution in [0.25, 0.3) is 6.08 Å². The Morgan fingerprint density at radius 2 is 1.80 bits per heavy atom. The number of rotatable bonds is 10. The van der Waals surface area contributed by atoms with Gasteiger partial charge in [0, 0.05) is 10.4 Å². The molecule has 25 heavy (non-hydrogen) atoms. The summed E-state index contributed by atoms with van der Waals surface area (Å²) < 4.78 is 6.07. The van der Waals surface area contributed by atoms with E-state index in [9.17, 15) is 0 Å². The van der Waals surface area contributed by atoms with Gasteiger partial charge in [-0.15, -0.1) is 0 Å². The van der Waals surface area contributed by atoms with Gasteiger partial charge in [-0.3, -0.25) is 0 Å². The molecule has 0 atom stereocenters. The lowest BCUT2D eigenvalue weighted by Crippen LogP contribution is -2.00. The number of hydrogen-bond acceptors (Lipinski definition) is 2. The minimum atomic E-state index is 0.771. The highest BCUT2D eigenvalue weighted by Gasteiger charge is 2.04. The Morgan fingerprint density at radius 3 is 2.52 bits per heavy atom. The van der Waals surface area contributed by atoms with Crippen LogP contribution < -0.4 is 4.74 Å². The predicted molar refractivity (Wildman–Crippen MR) is 113 cm³/mol. The Labute approximate surface area is 157 Å². The highest BCUT2D eigenvalue weighted by atomic mass is 32.1. The lowest BCUT2D eigenvalue weighted by atomic mass is 10.0. The van der Waals surface area contributed by atoms with Gasteiger partial charge in [0.2, 0.25) is 0 Å². The van der Waals surface area contributed by atoms with Crippen LogP contribution >= 0.6 is 12.2 Å². The van der Waals surface area contributed by atoms with E-state index in [1.54, 1.807) is 0 Å². The lowest BCUT2D eigenvalue weighted by Gasteiger charge is -2.11. The van der Waals surface area contributed by atoms with E-state index in [1.165, 1.54) is 18.4 Å². The van der Waals surface area contributed by atoms with E-state index in [-0.39, 0.29) is 0 Å². The zero-order chi connectivity index (χ0) is 17.9. The van der Waals surface area contributed by atoms with Crippen LogP contribution in [0.3, 0.4) is 0 Å². The fourth-order valence-electron chi connectivity index (χ4n) is 2.68. The molecule has 0 amide bonds. The molecule has 0 N–H and O–H groups in total. The molecule has 0 unspecified atom stereocenters. The Balaban J connectivity index is 2.14. The standard InChI is InChI=1S/C23H28OS/c1-3-5-9-17-24-22-18-19(10-4-2)13-14-20(22)15-16-23(25)21-11-7-6-8-12-21/h6-8,11-16,18H,3-5,9-10,17H2,1-2H3. The molecule has 1 nitrogen and oxygen atoms in total. The Kier molecular flexibility index (Phi) is 8.41. The van der Waals surface area contributed by atoms with Crippen LogP contribution in [0.5, 0.6) is 5.75 Å². The molecular weight excluding hydrogens is 324 g/mol. The summed E-state index contributed by atoms with van der Waals surface area (Å²) in [4.78, 5) is 0.843. The maximum absolute atomic E-state index is 6.07. The van der Waals surface area contributed by atoms with E-state index < -0.39 is 0 Å². The van der Waals surface area contributed by atoms with Crippen LogP contribution in [-0.2, 0) is 6.42 Å². The highest BCUT2D eigenvalue weighted by Crippen LogP contribution is 2.24. The van der Waals surface area contributed by atoms with Crippen molar-refractivity contribution in [2.24, 2.45) is 0 Å². The van der Waals surface area contributed by atoms with Gasteiger partial charge in [0.25, 0.3) is 0 Å². The maximum atomic E-state index is 6.07. The minimum Gasteiger partial charge on any atom is -0.493 e. The summed E-state index contributed by atoms with van der Waals surface area (Å²) in [6.45, 7) is 5.18. The van der Waals surface area contributed by atoms with Crippen LogP contribution in [0.1, 0.15) is 56.2 Å². The Morgan fingerprint density at radius 1 is 1.00 bits per heavy atom. The van der Waals surface area contributed by atoms with Gasteiger partial charge in [-0.1, -0.05) is 87.8 Å². The Bertz CT molecular complexity index is 688. The molecule has 0 radical (unpaired) electrons. The first-order valence-corrected chi connectivity index (χ1v) is 9.68. The zero-order valence-corrected chi connectivity index (χ0v) is 16.1. The van der Waals surface area contributed by atoms with Crippen molar-refractivity contribution in [3.05, 3.63) is 71.3 Å². The van der Waals surface area contributed by atoms with E-state index in [0.717, 1.165) is 47.6 Å². The Hall–Kier alpha value is -1.93. The molecule has 2 aromatic rings. The van der Waals surface area contributed by atoms with Gasteiger partial charge < -0.3 is 4.74 Å². The maximum Gasteiger partial charge on any atom is 0.126 e. The molecule has 0 bridgehead atoms. The summed E-state index contributed by atoms with van der Waals surface area (Å²) in [6, 6.07) is 16.6. The number of ether oxygens (including phenoxy) is 1. The third-order valence-corrected chi connectivity index (χ3v) is 4.47. The largest absolute Gasteiger partial charge is 0.493 e. The van der Waals surface area contributed by atoms with Crippen molar-refractivity contribution >= 4 is 23.2 Å². The molecule has 0 saturated carbocycles.